The minimum atomic E-state index is 0.230. The van der Waals surface area contributed by atoms with Gasteiger partial charge in [-0.25, -0.2) is 9.98 Å². The molecule has 0 saturated heterocycles. The molecule has 0 aliphatic heterocycles. The molecule has 0 bridgehead atoms. The summed E-state index contributed by atoms with van der Waals surface area (Å²) < 4.78 is 5.78. The van der Waals surface area contributed by atoms with Gasteiger partial charge >= 0.3 is 0 Å². The fraction of sp³-hybridized carbons (Fsp3) is 0.700. The number of unbranched alkanes of at least 4 members (excludes halogenated alkanes) is 1. The second-order valence-corrected chi connectivity index (χ2v) is 6.41. The largest absolute Gasteiger partial charge is 0.477 e. The smallest absolute Gasteiger partial charge is 0.218 e. The average Bonchev–Trinajstić information content (AvgIpc) is 2.65. The van der Waals surface area contributed by atoms with Crippen molar-refractivity contribution in [2.75, 3.05) is 26.3 Å². The lowest BCUT2D eigenvalue weighted by Gasteiger charge is -2.18. The molecule has 0 saturated carbocycles. The van der Waals surface area contributed by atoms with Crippen molar-refractivity contribution in [2.24, 2.45) is 10.9 Å². The van der Waals surface area contributed by atoms with E-state index in [1.54, 1.807) is 6.20 Å². The Bertz CT molecular complexity index is 502. The highest BCUT2D eigenvalue weighted by atomic mass is 16.5. The standard InChI is InChI=1S/C20H36N4O2/c1-4-7-14-26-19-18(10-8-12-22-19)16-24-20(21-6-3)23-15-17(9-5-2)11-13-25/h8,10,12,17,25H,4-7,9,11,13-16H2,1-3H3,(H2,21,23,24). The first kappa shape index (κ1) is 22.2. The lowest BCUT2D eigenvalue weighted by molar-refractivity contribution is 0.251. The first-order valence-corrected chi connectivity index (χ1v) is 9.94. The van der Waals surface area contributed by atoms with Crippen LogP contribution >= 0.6 is 0 Å². The first-order valence-electron chi connectivity index (χ1n) is 9.94. The number of aromatic nitrogens is 1. The van der Waals surface area contributed by atoms with Gasteiger partial charge in [-0.15, -0.1) is 0 Å². The number of nitrogens with one attached hydrogen (secondary N) is 2. The van der Waals surface area contributed by atoms with Gasteiger partial charge in [0.05, 0.1) is 13.2 Å². The zero-order chi connectivity index (χ0) is 19.0. The highest BCUT2D eigenvalue weighted by Crippen LogP contribution is 2.16. The second-order valence-electron chi connectivity index (χ2n) is 6.41. The molecule has 0 aliphatic carbocycles. The molecular weight excluding hydrogens is 328 g/mol. The van der Waals surface area contributed by atoms with Crippen molar-refractivity contribution < 1.29 is 9.84 Å². The van der Waals surface area contributed by atoms with Gasteiger partial charge in [-0.05, 0) is 38.2 Å². The van der Waals surface area contributed by atoms with Gasteiger partial charge in [0.2, 0.25) is 5.88 Å². The Morgan fingerprint density at radius 3 is 2.77 bits per heavy atom. The minimum absolute atomic E-state index is 0.230. The predicted molar refractivity (Wildman–Crippen MR) is 108 cm³/mol. The van der Waals surface area contributed by atoms with Crippen LogP contribution in [0.5, 0.6) is 5.88 Å². The Hall–Kier alpha value is -1.82. The number of guanidine groups is 1. The summed E-state index contributed by atoms with van der Waals surface area (Å²) in [5, 5.41) is 15.9. The normalized spacial score (nSPS) is 12.7. The molecule has 6 heteroatoms. The third kappa shape index (κ3) is 9.04. The monoisotopic (exact) mass is 364 g/mol. The number of nitrogens with zero attached hydrogens (tertiary/aromatic N) is 2. The molecule has 148 valence electrons. The fourth-order valence-electron chi connectivity index (χ4n) is 2.67. The molecule has 6 nitrogen and oxygen atoms in total. The maximum absolute atomic E-state index is 9.21. The molecule has 1 aromatic rings. The van der Waals surface area contributed by atoms with Gasteiger partial charge in [-0.3, -0.25) is 0 Å². The van der Waals surface area contributed by atoms with E-state index in [0.717, 1.165) is 56.7 Å². The Kier molecular flexibility index (Phi) is 12.3. The van der Waals surface area contributed by atoms with Crippen molar-refractivity contribution >= 4 is 5.96 Å². The Balaban J connectivity index is 2.67. The quantitative estimate of drug-likeness (QED) is 0.285. The molecule has 1 unspecified atom stereocenters. The summed E-state index contributed by atoms with van der Waals surface area (Å²) in [7, 11) is 0. The third-order valence-electron chi connectivity index (χ3n) is 4.13. The molecule has 1 aromatic heterocycles. The van der Waals surface area contributed by atoms with Crippen LogP contribution < -0.4 is 15.4 Å². The zero-order valence-electron chi connectivity index (χ0n) is 16.6. The van der Waals surface area contributed by atoms with Crippen LogP contribution in [0, 0.1) is 5.92 Å². The molecule has 0 radical (unpaired) electrons. The van der Waals surface area contributed by atoms with Gasteiger partial charge in [0.1, 0.15) is 0 Å². The van der Waals surface area contributed by atoms with E-state index in [1.807, 2.05) is 12.1 Å². The van der Waals surface area contributed by atoms with Gasteiger partial charge in [0, 0.05) is 31.5 Å². The molecule has 26 heavy (non-hydrogen) atoms. The number of rotatable bonds is 13. The highest BCUT2D eigenvalue weighted by molar-refractivity contribution is 5.79. The zero-order valence-corrected chi connectivity index (χ0v) is 16.6. The molecule has 0 amide bonds. The van der Waals surface area contributed by atoms with Crippen LogP contribution in [0.3, 0.4) is 0 Å². The van der Waals surface area contributed by atoms with E-state index in [9.17, 15) is 5.11 Å². The number of hydrogen-bond donors (Lipinski definition) is 3. The Morgan fingerprint density at radius 1 is 1.23 bits per heavy atom. The van der Waals surface area contributed by atoms with Gasteiger partial charge in [-0.1, -0.05) is 32.8 Å². The Labute approximate surface area is 158 Å². The summed E-state index contributed by atoms with van der Waals surface area (Å²) in [4.78, 5) is 9.01. The molecule has 0 fully saturated rings. The van der Waals surface area contributed by atoms with E-state index in [2.05, 4.69) is 41.4 Å². The van der Waals surface area contributed by atoms with E-state index in [-0.39, 0.29) is 6.61 Å². The van der Waals surface area contributed by atoms with Crippen molar-refractivity contribution in [3.8, 4) is 5.88 Å². The van der Waals surface area contributed by atoms with Crippen LogP contribution in [0.2, 0.25) is 0 Å². The van der Waals surface area contributed by atoms with Crippen molar-refractivity contribution in [1.82, 2.24) is 15.6 Å². The van der Waals surface area contributed by atoms with E-state index in [4.69, 9.17) is 4.74 Å². The van der Waals surface area contributed by atoms with Crippen LogP contribution in [0.15, 0.2) is 23.3 Å². The van der Waals surface area contributed by atoms with Crippen molar-refractivity contribution in [3.63, 3.8) is 0 Å². The minimum Gasteiger partial charge on any atom is -0.477 e. The predicted octanol–water partition coefficient (Wildman–Crippen LogP) is 3.11. The number of aliphatic hydroxyl groups is 1. The summed E-state index contributed by atoms with van der Waals surface area (Å²) in [6.45, 7) is 9.41. The van der Waals surface area contributed by atoms with E-state index >= 15 is 0 Å². The summed E-state index contributed by atoms with van der Waals surface area (Å²) in [5.74, 6) is 1.92. The first-order chi connectivity index (χ1) is 12.7. The summed E-state index contributed by atoms with van der Waals surface area (Å²) in [5.41, 5.74) is 0.987. The highest BCUT2D eigenvalue weighted by Gasteiger charge is 2.09. The molecule has 1 rings (SSSR count). The van der Waals surface area contributed by atoms with E-state index < -0.39 is 0 Å². The maximum atomic E-state index is 9.21. The number of pyridine rings is 1. The van der Waals surface area contributed by atoms with Gasteiger partial charge < -0.3 is 20.5 Å². The van der Waals surface area contributed by atoms with Crippen LogP contribution in [0.4, 0.5) is 0 Å². The van der Waals surface area contributed by atoms with Crippen LogP contribution in [-0.4, -0.2) is 42.4 Å². The van der Waals surface area contributed by atoms with Crippen LogP contribution in [-0.2, 0) is 6.54 Å². The van der Waals surface area contributed by atoms with Crippen LogP contribution in [0.25, 0.3) is 0 Å². The van der Waals surface area contributed by atoms with E-state index in [1.165, 1.54) is 0 Å². The Morgan fingerprint density at radius 2 is 2.08 bits per heavy atom. The van der Waals surface area contributed by atoms with Crippen LogP contribution in [0.1, 0.15) is 58.4 Å². The topological polar surface area (TPSA) is 78.8 Å². The number of hydrogen-bond acceptors (Lipinski definition) is 4. The van der Waals surface area contributed by atoms with Crippen molar-refractivity contribution in [1.29, 1.82) is 0 Å². The number of aliphatic hydroxyl groups excluding tert-OH is 1. The summed E-state index contributed by atoms with van der Waals surface area (Å²) >= 11 is 0. The third-order valence-corrected chi connectivity index (χ3v) is 4.13. The molecule has 0 spiro atoms. The maximum Gasteiger partial charge on any atom is 0.218 e. The lowest BCUT2D eigenvalue weighted by Crippen LogP contribution is -2.40. The molecule has 1 atom stereocenters. The summed E-state index contributed by atoms with van der Waals surface area (Å²) in [6, 6.07) is 3.92. The molecule has 0 aromatic carbocycles. The van der Waals surface area contributed by atoms with Gasteiger partial charge in [0.25, 0.3) is 0 Å². The van der Waals surface area contributed by atoms with Gasteiger partial charge in [-0.2, -0.15) is 0 Å². The molecule has 0 aliphatic rings. The fourth-order valence-corrected chi connectivity index (χ4v) is 2.67. The SMILES string of the molecule is CCCCOc1ncccc1CN=C(NCC)NCC(CCC)CCO. The number of ether oxygens (including phenoxy) is 1. The van der Waals surface area contributed by atoms with Gasteiger partial charge in [0.15, 0.2) is 5.96 Å². The molecule has 1 heterocycles. The molecular formula is C20H36N4O2. The average molecular weight is 365 g/mol. The summed E-state index contributed by atoms with van der Waals surface area (Å²) in [6.07, 6.45) is 6.91. The van der Waals surface area contributed by atoms with Crippen molar-refractivity contribution in [3.05, 3.63) is 23.9 Å². The second kappa shape index (κ2) is 14.4. The molecule has 3 N–H and O–H groups in total. The lowest BCUT2D eigenvalue weighted by atomic mass is 10.0. The number of aliphatic imine (C=N–C) groups is 1. The van der Waals surface area contributed by atoms with Crippen molar-refractivity contribution in [2.45, 2.75) is 59.4 Å². The van der Waals surface area contributed by atoms with E-state index in [0.29, 0.717) is 24.9 Å².